The number of ether oxygens (including phenoxy) is 1. The van der Waals surface area contributed by atoms with E-state index in [9.17, 15) is 8.42 Å². The van der Waals surface area contributed by atoms with E-state index in [0.29, 0.717) is 19.0 Å². The minimum atomic E-state index is -3.06. The largest absolute Gasteiger partial charge is 0.473 e. The molecule has 1 aliphatic carbocycles. The van der Waals surface area contributed by atoms with E-state index >= 15 is 0 Å². The van der Waals surface area contributed by atoms with Crippen LogP contribution >= 0.6 is 0 Å². The molecule has 2 fully saturated rings. The lowest BCUT2D eigenvalue weighted by atomic mass is 10.3. The maximum atomic E-state index is 12.0. The monoisotopic (exact) mass is 268 g/mol. The Hall–Kier alpha value is -1.14. The first-order chi connectivity index (χ1) is 8.66. The van der Waals surface area contributed by atoms with Gasteiger partial charge in [0.1, 0.15) is 6.10 Å². The molecule has 1 unspecified atom stereocenters. The highest BCUT2D eigenvalue weighted by atomic mass is 32.2. The number of rotatable bonds is 4. The average Bonchev–Trinajstić information content (AvgIpc) is 3.12. The fourth-order valence-electron chi connectivity index (χ4n) is 2.19. The van der Waals surface area contributed by atoms with Gasteiger partial charge in [-0.2, -0.15) is 4.31 Å². The lowest BCUT2D eigenvalue weighted by Gasteiger charge is -2.16. The minimum absolute atomic E-state index is 0.0755. The summed E-state index contributed by atoms with van der Waals surface area (Å²) in [6, 6.07) is 5.47. The van der Waals surface area contributed by atoms with Gasteiger partial charge in [0.15, 0.2) is 0 Å². The smallest absolute Gasteiger partial charge is 0.217 e. The summed E-state index contributed by atoms with van der Waals surface area (Å²) in [5.41, 5.74) is 0. The summed E-state index contributed by atoms with van der Waals surface area (Å²) < 4.78 is 31.3. The first kappa shape index (κ1) is 11.9. The number of pyridine rings is 1. The molecule has 1 aliphatic heterocycles. The summed E-state index contributed by atoms with van der Waals surface area (Å²) in [5, 5.41) is -0.133. The number of sulfonamides is 1. The van der Waals surface area contributed by atoms with Crippen molar-refractivity contribution in [3.05, 3.63) is 24.4 Å². The van der Waals surface area contributed by atoms with Crippen molar-refractivity contribution in [3.8, 4) is 5.88 Å². The molecule has 18 heavy (non-hydrogen) atoms. The standard InChI is InChI=1S/C12H16N2O3S/c15-18(16,11-4-5-11)14-8-6-10(9-14)17-12-3-1-2-7-13-12/h1-3,7,10-11H,4-6,8-9H2. The van der Waals surface area contributed by atoms with Crippen LogP contribution in [-0.2, 0) is 10.0 Å². The summed E-state index contributed by atoms with van der Waals surface area (Å²) in [7, 11) is -3.06. The molecular formula is C12H16N2O3S. The first-order valence-electron chi connectivity index (χ1n) is 6.23. The molecule has 3 rings (SSSR count). The second-order valence-electron chi connectivity index (χ2n) is 4.80. The summed E-state index contributed by atoms with van der Waals surface area (Å²) in [6.45, 7) is 1.02. The second kappa shape index (κ2) is 4.51. The first-order valence-corrected chi connectivity index (χ1v) is 7.73. The van der Waals surface area contributed by atoms with E-state index in [4.69, 9.17) is 4.74 Å². The molecule has 0 spiro atoms. The van der Waals surface area contributed by atoms with Crippen molar-refractivity contribution in [2.75, 3.05) is 13.1 Å². The van der Waals surface area contributed by atoms with E-state index in [1.165, 1.54) is 0 Å². The van der Waals surface area contributed by atoms with Crippen LogP contribution in [0.5, 0.6) is 5.88 Å². The predicted octanol–water partition coefficient (Wildman–Crippen LogP) is 1.03. The molecule has 0 bridgehead atoms. The van der Waals surface area contributed by atoms with Crippen LogP contribution in [0.1, 0.15) is 19.3 Å². The quantitative estimate of drug-likeness (QED) is 0.818. The molecule has 2 heterocycles. The van der Waals surface area contributed by atoms with E-state index < -0.39 is 10.0 Å². The number of nitrogens with zero attached hydrogens (tertiary/aromatic N) is 2. The van der Waals surface area contributed by atoms with Crippen LogP contribution in [0.25, 0.3) is 0 Å². The summed E-state index contributed by atoms with van der Waals surface area (Å²) >= 11 is 0. The average molecular weight is 268 g/mol. The Kier molecular flexibility index (Phi) is 2.99. The number of aromatic nitrogens is 1. The molecule has 1 saturated heterocycles. The van der Waals surface area contributed by atoms with Gasteiger partial charge in [-0.25, -0.2) is 13.4 Å². The van der Waals surface area contributed by atoms with Crippen molar-refractivity contribution >= 4 is 10.0 Å². The molecular weight excluding hydrogens is 252 g/mol. The lowest BCUT2D eigenvalue weighted by Crippen LogP contribution is -2.33. The highest BCUT2D eigenvalue weighted by molar-refractivity contribution is 7.90. The third kappa shape index (κ3) is 2.35. The van der Waals surface area contributed by atoms with Crippen molar-refractivity contribution in [1.82, 2.24) is 9.29 Å². The normalized spacial score (nSPS) is 25.2. The van der Waals surface area contributed by atoms with Crippen molar-refractivity contribution in [2.24, 2.45) is 0 Å². The van der Waals surface area contributed by atoms with Crippen LogP contribution < -0.4 is 4.74 Å². The fraction of sp³-hybridized carbons (Fsp3) is 0.583. The Morgan fingerprint density at radius 1 is 1.28 bits per heavy atom. The third-order valence-corrected chi connectivity index (χ3v) is 5.70. The topological polar surface area (TPSA) is 59.5 Å². The molecule has 0 amide bonds. The Labute approximate surface area is 107 Å². The fourth-order valence-corrected chi connectivity index (χ4v) is 4.08. The maximum Gasteiger partial charge on any atom is 0.217 e. The van der Waals surface area contributed by atoms with E-state index in [1.807, 2.05) is 12.1 Å². The molecule has 5 nitrogen and oxygen atoms in total. The molecule has 1 saturated carbocycles. The highest BCUT2D eigenvalue weighted by Crippen LogP contribution is 2.33. The Morgan fingerprint density at radius 2 is 2.11 bits per heavy atom. The summed E-state index contributed by atoms with van der Waals surface area (Å²) in [4.78, 5) is 4.09. The third-order valence-electron chi connectivity index (χ3n) is 3.34. The molecule has 2 aliphatic rings. The van der Waals surface area contributed by atoms with E-state index in [0.717, 1.165) is 19.3 Å². The van der Waals surface area contributed by atoms with Crippen LogP contribution in [-0.4, -0.2) is 42.2 Å². The zero-order valence-corrected chi connectivity index (χ0v) is 10.8. The molecule has 98 valence electrons. The zero-order valence-electron chi connectivity index (χ0n) is 10.0. The van der Waals surface area contributed by atoms with Gasteiger partial charge in [-0.3, -0.25) is 0 Å². The Morgan fingerprint density at radius 3 is 2.78 bits per heavy atom. The number of hydrogen-bond donors (Lipinski definition) is 0. The Bertz CT molecular complexity index is 513. The molecule has 1 aromatic rings. The molecule has 0 N–H and O–H groups in total. The van der Waals surface area contributed by atoms with Crippen LogP contribution in [0, 0.1) is 0 Å². The SMILES string of the molecule is O=S(=O)(C1CC1)N1CCC(Oc2ccccn2)C1. The van der Waals surface area contributed by atoms with Crippen molar-refractivity contribution in [2.45, 2.75) is 30.6 Å². The van der Waals surface area contributed by atoms with E-state index in [2.05, 4.69) is 4.98 Å². The van der Waals surface area contributed by atoms with Gasteiger partial charge in [-0.1, -0.05) is 6.07 Å². The van der Waals surface area contributed by atoms with Gasteiger partial charge in [0, 0.05) is 18.8 Å². The van der Waals surface area contributed by atoms with Gasteiger partial charge >= 0.3 is 0 Å². The maximum absolute atomic E-state index is 12.0. The lowest BCUT2D eigenvalue weighted by molar-refractivity contribution is 0.207. The molecule has 1 atom stereocenters. The van der Waals surface area contributed by atoms with Gasteiger partial charge < -0.3 is 4.74 Å². The molecule has 0 aromatic carbocycles. The van der Waals surface area contributed by atoms with Gasteiger partial charge in [-0.15, -0.1) is 0 Å². The van der Waals surface area contributed by atoms with Crippen LogP contribution in [0.15, 0.2) is 24.4 Å². The van der Waals surface area contributed by atoms with E-state index in [1.54, 1.807) is 16.6 Å². The Balaban J connectivity index is 1.62. The van der Waals surface area contributed by atoms with Crippen molar-refractivity contribution < 1.29 is 13.2 Å². The zero-order chi connectivity index (χ0) is 12.6. The van der Waals surface area contributed by atoms with Gasteiger partial charge in [0.05, 0.1) is 11.8 Å². The molecule has 0 radical (unpaired) electrons. The highest BCUT2D eigenvalue weighted by Gasteiger charge is 2.43. The number of hydrogen-bond acceptors (Lipinski definition) is 4. The van der Waals surface area contributed by atoms with Crippen molar-refractivity contribution in [1.29, 1.82) is 0 Å². The second-order valence-corrected chi connectivity index (χ2v) is 7.01. The summed E-state index contributed by atoms with van der Waals surface area (Å²) in [5.74, 6) is 0.563. The summed E-state index contributed by atoms with van der Waals surface area (Å²) in [6.07, 6.45) is 3.95. The molecule has 6 heteroatoms. The van der Waals surface area contributed by atoms with Gasteiger partial charge in [0.2, 0.25) is 15.9 Å². The van der Waals surface area contributed by atoms with Crippen LogP contribution in [0.3, 0.4) is 0 Å². The molecule has 1 aromatic heterocycles. The van der Waals surface area contributed by atoms with Crippen molar-refractivity contribution in [3.63, 3.8) is 0 Å². The predicted molar refractivity (Wildman–Crippen MR) is 66.8 cm³/mol. The van der Waals surface area contributed by atoms with Crippen LogP contribution in [0.2, 0.25) is 0 Å². The van der Waals surface area contributed by atoms with Crippen LogP contribution in [0.4, 0.5) is 0 Å². The van der Waals surface area contributed by atoms with Gasteiger partial charge in [-0.05, 0) is 25.3 Å². The minimum Gasteiger partial charge on any atom is -0.473 e. The van der Waals surface area contributed by atoms with E-state index in [-0.39, 0.29) is 11.4 Å². The van der Waals surface area contributed by atoms with Gasteiger partial charge in [0.25, 0.3) is 0 Å².